The molecule has 0 spiro atoms. The number of halogens is 1. The first-order chi connectivity index (χ1) is 12.2. The summed E-state index contributed by atoms with van der Waals surface area (Å²) < 4.78 is 13.3. The Morgan fingerprint density at radius 2 is 2.12 bits per heavy atom. The topological polar surface area (TPSA) is 64.7 Å². The summed E-state index contributed by atoms with van der Waals surface area (Å²) in [7, 11) is 0. The fourth-order valence-corrected chi connectivity index (χ4v) is 3.20. The van der Waals surface area contributed by atoms with Crippen LogP contribution in [0.15, 0.2) is 36.7 Å². The number of nitrogens with zero attached hydrogens (tertiary/aromatic N) is 3. The average molecular weight is 352 g/mol. The van der Waals surface area contributed by atoms with Crippen LogP contribution in [0.3, 0.4) is 0 Å². The third-order valence-corrected chi connectivity index (χ3v) is 4.48. The van der Waals surface area contributed by atoms with Crippen molar-refractivity contribution in [1.82, 2.24) is 15.0 Å². The highest BCUT2D eigenvalue weighted by Gasteiger charge is 2.03. The van der Waals surface area contributed by atoms with Gasteiger partial charge < -0.3 is 5.73 Å². The van der Waals surface area contributed by atoms with Crippen molar-refractivity contribution in [3.8, 4) is 11.8 Å². The minimum Gasteiger partial charge on any atom is -0.382 e. The molecular formula is C19H17FN4S. The number of nitrogen functional groups attached to an aromatic ring is 1. The third-order valence-electron chi connectivity index (χ3n) is 3.50. The third kappa shape index (κ3) is 4.85. The van der Waals surface area contributed by atoms with Crippen molar-refractivity contribution in [3.63, 3.8) is 0 Å². The summed E-state index contributed by atoms with van der Waals surface area (Å²) in [4.78, 5) is 12.6. The maximum Gasteiger partial charge on any atom is 0.141 e. The summed E-state index contributed by atoms with van der Waals surface area (Å²) in [6.07, 6.45) is 9.04. The molecule has 6 heteroatoms. The maximum absolute atomic E-state index is 12.2. The Labute approximate surface area is 149 Å². The molecule has 0 fully saturated rings. The first-order valence-electron chi connectivity index (χ1n) is 7.95. The molecule has 0 amide bonds. The van der Waals surface area contributed by atoms with E-state index in [1.807, 2.05) is 12.1 Å². The van der Waals surface area contributed by atoms with Crippen LogP contribution in [0.1, 0.15) is 29.1 Å². The number of aryl methyl sites for hydroxylation is 1. The van der Waals surface area contributed by atoms with E-state index in [-0.39, 0.29) is 6.67 Å². The number of hydrogen-bond donors (Lipinski definition) is 1. The molecule has 2 aromatic heterocycles. The molecule has 0 saturated heterocycles. The van der Waals surface area contributed by atoms with Crippen LogP contribution < -0.4 is 5.73 Å². The number of aromatic nitrogens is 3. The predicted molar refractivity (Wildman–Crippen MR) is 101 cm³/mol. The predicted octanol–water partition coefficient (Wildman–Crippen LogP) is 4.03. The second-order valence-corrected chi connectivity index (χ2v) is 6.49. The van der Waals surface area contributed by atoms with E-state index >= 15 is 0 Å². The molecule has 4 nitrogen and oxygen atoms in total. The van der Waals surface area contributed by atoms with Gasteiger partial charge in [0.15, 0.2) is 0 Å². The van der Waals surface area contributed by atoms with Gasteiger partial charge in [0.25, 0.3) is 0 Å². The Bertz CT molecular complexity index is 935. The van der Waals surface area contributed by atoms with E-state index in [0.717, 1.165) is 28.1 Å². The minimum atomic E-state index is -0.249. The van der Waals surface area contributed by atoms with Crippen LogP contribution in [-0.2, 0) is 6.42 Å². The lowest BCUT2D eigenvalue weighted by atomic mass is 10.1. The number of benzene rings is 1. The molecule has 126 valence electrons. The molecule has 0 saturated carbocycles. The van der Waals surface area contributed by atoms with Crippen LogP contribution in [0, 0.1) is 11.8 Å². The molecular weight excluding hydrogens is 335 g/mol. The zero-order valence-electron chi connectivity index (χ0n) is 13.6. The summed E-state index contributed by atoms with van der Waals surface area (Å²) in [5.74, 6) is 6.19. The van der Waals surface area contributed by atoms with Gasteiger partial charge in [0.05, 0.1) is 29.3 Å². The van der Waals surface area contributed by atoms with Gasteiger partial charge in [0.2, 0.25) is 0 Å². The first kappa shape index (κ1) is 17.1. The molecule has 1 aromatic carbocycles. The Kier molecular flexibility index (Phi) is 5.70. The van der Waals surface area contributed by atoms with Crippen LogP contribution in [0.5, 0.6) is 0 Å². The number of hydrogen-bond acceptors (Lipinski definition) is 5. The van der Waals surface area contributed by atoms with Crippen LogP contribution in [0.4, 0.5) is 10.2 Å². The number of fused-ring (bicyclic) bond motifs is 1. The highest BCUT2D eigenvalue weighted by molar-refractivity contribution is 7.19. The fraction of sp³-hybridized carbons (Fsp3) is 0.211. The molecule has 0 aliphatic rings. The standard InChI is InChI=1S/C19H17FN4S/c20-10-4-3-5-14-8-9-16-17(11-14)25-19(24-16)7-2-1-6-15-12-23-18(21)13-22-15/h2,7-9,11-13H,3-5,10H2,(H2,21,23)/b7-2+. The van der Waals surface area contributed by atoms with E-state index in [0.29, 0.717) is 17.9 Å². The maximum atomic E-state index is 12.2. The second-order valence-electron chi connectivity index (χ2n) is 5.43. The molecule has 2 N–H and O–H groups in total. The summed E-state index contributed by atoms with van der Waals surface area (Å²) in [5.41, 5.74) is 8.24. The summed E-state index contributed by atoms with van der Waals surface area (Å²) in [5, 5.41) is 0.897. The van der Waals surface area contributed by atoms with Gasteiger partial charge in [-0.2, -0.15) is 0 Å². The minimum absolute atomic E-state index is 0.249. The molecule has 0 aliphatic heterocycles. The molecule has 25 heavy (non-hydrogen) atoms. The van der Waals surface area contributed by atoms with Gasteiger partial charge in [-0.1, -0.05) is 12.0 Å². The summed E-state index contributed by atoms with van der Waals surface area (Å²) >= 11 is 1.61. The smallest absolute Gasteiger partial charge is 0.141 e. The molecule has 0 unspecified atom stereocenters. The van der Waals surface area contributed by atoms with Crippen molar-refractivity contribution in [3.05, 3.63) is 52.9 Å². The van der Waals surface area contributed by atoms with Crippen LogP contribution in [0.25, 0.3) is 16.3 Å². The van der Waals surface area contributed by atoms with E-state index in [2.05, 4.69) is 38.9 Å². The Balaban J connectivity index is 1.68. The number of nitrogens with two attached hydrogens (primary N) is 1. The second kappa shape index (κ2) is 8.36. The first-order valence-corrected chi connectivity index (χ1v) is 8.77. The number of allylic oxidation sites excluding steroid dienone is 1. The van der Waals surface area contributed by atoms with Gasteiger partial charge >= 0.3 is 0 Å². The van der Waals surface area contributed by atoms with Crippen molar-refractivity contribution in [2.24, 2.45) is 0 Å². The van der Waals surface area contributed by atoms with E-state index in [1.165, 1.54) is 18.0 Å². The average Bonchev–Trinajstić information content (AvgIpc) is 3.02. The van der Waals surface area contributed by atoms with Gasteiger partial charge in [-0.15, -0.1) is 11.3 Å². The molecule has 3 rings (SSSR count). The zero-order chi connectivity index (χ0) is 17.5. The van der Waals surface area contributed by atoms with Gasteiger partial charge in [-0.3, -0.25) is 4.39 Å². The lowest BCUT2D eigenvalue weighted by molar-refractivity contribution is 0.462. The fourth-order valence-electron chi connectivity index (χ4n) is 2.27. The van der Waals surface area contributed by atoms with E-state index in [4.69, 9.17) is 5.73 Å². The summed E-state index contributed by atoms with van der Waals surface area (Å²) in [6, 6.07) is 6.22. The van der Waals surface area contributed by atoms with Crippen molar-refractivity contribution in [2.75, 3.05) is 12.4 Å². The van der Waals surface area contributed by atoms with Gasteiger partial charge in [0, 0.05) is 0 Å². The highest BCUT2D eigenvalue weighted by Crippen LogP contribution is 2.24. The normalized spacial score (nSPS) is 10.9. The molecule has 0 aliphatic carbocycles. The lowest BCUT2D eigenvalue weighted by Gasteiger charge is -1.99. The van der Waals surface area contributed by atoms with Gasteiger partial charge in [-0.25, -0.2) is 15.0 Å². The van der Waals surface area contributed by atoms with Crippen LogP contribution in [-0.4, -0.2) is 21.6 Å². The van der Waals surface area contributed by atoms with Crippen molar-refractivity contribution >= 4 is 33.4 Å². The van der Waals surface area contributed by atoms with E-state index in [9.17, 15) is 4.39 Å². The lowest BCUT2D eigenvalue weighted by Crippen LogP contribution is -1.91. The highest BCUT2D eigenvalue weighted by atomic mass is 32.1. The molecule has 0 radical (unpaired) electrons. The largest absolute Gasteiger partial charge is 0.382 e. The SMILES string of the molecule is Nc1cnc(C#C/C=C/c2nc3ccc(CCCCF)cc3s2)cn1. The Morgan fingerprint density at radius 1 is 1.20 bits per heavy atom. The van der Waals surface area contributed by atoms with Crippen LogP contribution in [0.2, 0.25) is 0 Å². The number of unbranched alkanes of at least 4 members (excludes halogenated alkanes) is 1. The van der Waals surface area contributed by atoms with Gasteiger partial charge in [-0.05, 0) is 55.0 Å². The number of thiazole rings is 1. The molecule has 3 aromatic rings. The Morgan fingerprint density at radius 3 is 2.92 bits per heavy atom. The van der Waals surface area contributed by atoms with Crippen molar-refractivity contribution in [2.45, 2.75) is 19.3 Å². The van der Waals surface area contributed by atoms with Crippen LogP contribution >= 0.6 is 11.3 Å². The summed E-state index contributed by atoms with van der Waals surface area (Å²) in [6.45, 7) is -0.249. The zero-order valence-corrected chi connectivity index (χ0v) is 14.4. The number of anilines is 1. The van der Waals surface area contributed by atoms with E-state index in [1.54, 1.807) is 17.4 Å². The quantitative estimate of drug-likeness (QED) is 0.556. The monoisotopic (exact) mass is 352 g/mol. The molecule has 2 heterocycles. The Hall–Kier alpha value is -2.78. The number of rotatable bonds is 5. The molecule has 0 atom stereocenters. The molecule has 0 bridgehead atoms. The van der Waals surface area contributed by atoms with Crippen molar-refractivity contribution < 1.29 is 4.39 Å². The van der Waals surface area contributed by atoms with E-state index < -0.39 is 0 Å². The number of alkyl halides is 1. The van der Waals surface area contributed by atoms with Gasteiger partial charge in [0.1, 0.15) is 16.5 Å². The van der Waals surface area contributed by atoms with Crippen molar-refractivity contribution in [1.29, 1.82) is 0 Å².